The van der Waals surface area contributed by atoms with Crippen molar-refractivity contribution in [3.63, 3.8) is 0 Å². The molecule has 108 valence electrons. The van der Waals surface area contributed by atoms with Gasteiger partial charge in [-0.25, -0.2) is 4.98 Å². The van der Waals surface area contributed by atoms with Crippen molar-refractivity contribution >= 4 is 11.0 Å². The van der Waals surface area contributed by atoms with Crippen molar-refractivity contribution < 1.29 is 0 Å². The van der Waals surface area contributed by atoms with Crippen molar-refractivity contribution in [3.8, 4) is 0 Å². The molecule has 0 bridgehead atoms. The van der Waals surface area contributed by atoms with Gasteiger partial charge in [0.25, 0.3) is 0 Å². The van der Waals surface area contributed by atoms with Crippen molar-refractivity contribution in [1.82, 2.24) is 9.55 Å². The van der Waals surface area contributed by atoms with Gasteiger partial charge in [-0.1, -0.05) is 62.7 Å². The summed E-state index contributed by atoms with van der Waals surface area (Å²) in [7, 11) is 0. The Balaban J connectivity index is 2.13. The minimum atomic E-state index is 0.0315. The van der Waals surface area contributed by atoms with Crippen molar-refractivity contribution in [2.45, 2.75) is 39.7 Å². The van der Waals surface area contributed by atoms with E-state index in [9.17, 15) is 0 Å². The lowest BCUT2D eigenvalue weighted by Crippen LogP contribution is -2.19. The molecule has 0 aliphatic carbocycles. The zero-order valence-electron chi connectivity index (χ0n) is 13.2. The summed E-state index contributed by atoms with van der Waals surface area (Å²) in [5.41, 5.74) is 4.93. The molecule has 0 N–H and O–H groups in total. The number of aryl methyl sites for hydroxylation is 1. The molecule has 0 radical (unpaired) electrons. The highest BCUT2D eigenvalue weighted by molar-refractivity contribution is 5.76. The van der Waals surface area contributed by atoms with E-state index in [2.05, 4.69) is 80.8 Å². The molecule has 0 unspecified atom stereocenters. The van der Waals surface area contributed by atoms with Crippen molar-refractivity contribution in [1.29, 1.82) is 0 Å². The maximum atomic E-state index is 4.86. The number of hydrogen-bond acceptors (Lipinski definition) is 1. The summed E-state index contributed by atoms with van der Waals surface area (Å²) < 4.78 is 2.35. The zero-order valence-corrected chi connectivity index (χ0v) is 13.2. The molecule has 0 amide bonds. The first kappa shape index (κ1) is 13.9. The second-order valence-electron chi connectivity index (χ2n) is 6.75. The molecule has 3 rings (SSSR count). The number of hydrogen-bond donors (Lipinski definition) is 0. The Morgan fingerprint density at radius 2 is 1.62 bits per heavy atom. The first-order valence-corrected chi connectivity index (χ1v) is 7.46. The number of imidazole rings is 1. The van der Waals surface area contributed by atoms with Crippen LogP contribution in [0.4, 0.5) is 0 Å². The van der Waals surface area contributed by atoms with Gasteiger partial charge < -0.3 is 4.57 Å². The van der Waals surface area contributed by atoms with Gasteiger partial charge in [-0.15, -0.1) is 0 Å². The van der Waals surface area contributed by atoms with Crippen LogP contribution in [-0.4, -0.2) is 9.55 Å². The molecule has 0 fully saturated rings. The number of nitrogens with zero attached hydrogens (tertiary/aromatic N) is 2. The van der Waals surface area contributed by atoms with Crippen molar-refractivity contribution in [2.75, 3.05) is 0 Å². The molecule has 2 nitrogen and oxygen atoms in total. The summed E-state index contributed by atoms with van der Waals surface area (Å²) in [6, 6.07) is 17.1. The van der Waals surface area contributed by atoms with Gasteiger partial charge >= 0.3 is 0 Å². The fourth-order valence-corrected chi connectivity index (χ4v) is 2.68. The van der Waals surface area contributed by atoms with E-state index >= 15 is 0 Å². The highest BCUT2D eigenvalue weighted by Crippen LogP contribution is 2.27. The topological polar surface area (TPSA) is 17.8 Å². The molecule has 21 heavy (non-hydrogen) atoms. The summed E-state index contributed by atoms with van der Waals surface area (Å²) in [4.78, 5) is 4.86. The number of para-hydroxylation sites is 2. The van der Waals surface area contributed by atoms with E-state index in [-0.39, 0.29) is 5.41 Å². The van der Waals surface area contributed by atoms with Crippen LogP contribution in [0.3, 0.4) is 0 Å². The van der Waals surface area contributed by atoms with Gasteiger partial charge in [0.15, 0.2) is 0 Å². The monoisotopic (exact) mass is 278 g/mol. The Morgan fingerprint density at radius 1 is 0.952 bits per heavy atom. The Hall–Kier alpha value is -2.09. The Morgan fingerprint density at radius 3 is 2.29 bits per heavy atom. The van der Waals surface area contributed by atoms with Gasteiger partial charge in [0.2, 0.25) is 0 Å². The second-order valence-corrected chi connectivity index (χ2v) is 6.75. The number of rotatable bonds is 2. The lowest BCUT2D eigenvalue weighted by Gasteiger charge is -2.20. The molecule has 0 aliphatic heterocycles. The van der Waals surface area contributed by atoms with E-state index in [1.165, 1.54) is 16.6 Å². The van der Waals surface area contributed by atoms with E-state index in [1.54, 1.807) is 0 Å². The van der Waals surface area contributed by atoms with Crippen LogP contribution in [0.15, 0.2) is 48.5 Å². The third kappa shape index (κ3) is 2.71. The molecular formula is C19H22N2. The average molecular weight is 278 g/mol. The largest absolute Gasteiger partial charge is 0.323 e. The number of aromatic nitrogens is 2. The van der Waals surface area contributed by atoms with Crippen molar-refractivity contribution in [2.24, 2.45) is 0 Å². The van der Waals surface area contributed by atoms with Crippen LogP contribution in [0.25, 0.3) is 11.0 Å². The van der Waals surface area contributed by atoms with Crippen LogP contribution < -0.4 is 0 Å². The van der Waals surface area contributed by atoms with Crippen molar-refractivity contribution in [3.05, 3.63) is 65.5 Å². The average Bonchev–Trinajstić information content (AvgIpc) is 2.81. The third-order valence-corrected chi connectivity index (χ3v) is 3.79. The molecule has 0 aliphatic rings. The minimum Gasteiger partial charge on any atom is -0.323 e. The summed E-state index contributed by atoms with van der Waals surface area (Å²) in [6.45, 7) is 9.66. The maximum Gasteiger partial charge on any atom is 0.115 e. The number of benzene rings is 2. The standard InChI is InChI=1S/C19H22N2/c1-14-9-11-15(12-10-14)13-21-17-8-6-5-7-16(17)20-18(21)19(2,3)4/h5-12H,13H2,1-4H3. The maximum absolute atomic E-state index is 4.86. The highest BCUT2D eigenvalue weighted by Gasteiger charge is 2.22. The van der Waals surface area contributed by atoms with E-state index < -0.39 is 0 Å². The first-order valence-electron chi connectivity index (χ1n) is 7.46. The predicted molar refractivity (Wildman–Crippen MR) is 88.7 cm³/mol. The van der Waals surface area contributed by atoms with E-state index in [0.717, 1.165) is 17.9 Å². The smallest absolute Gasteiger partial charge is 0.115 e. The normalized spacial score (nSPS) is 12.0. The summed E-state index contributed by atoms with van der Waals surface area (Å²) in [5.74, 6) is 1.14. The number of fused-ring (bicyclic) bond motifs is 1. The fraction of sp³-hybridized carbons (Fsp3) is 0.316. The summed E-state index contributed by atoms with van der Waals surface area (Å²) in [6.07, 6.45) is 0. The van der Waals surface area contributed by atoms with Crippen LogP contribution in [0, 0.1) is 6.92 Å². The predicted octanol–water partition coefficient (Wildman–Crippen LogP) is 4.69. The lowest BCUT2D eigenvalue weighted by molar-refractivity contribution is 0.516. The molecular weight excluding hydrogens is 256 g/mol. The first-order chi connectivity index (χ1) is 9.95. The quantitative estimate of drug-likeness (QED) is 0.665. The van der Waals surface area contributed by atoms with Gasteiger partial charge in [0.1, 0.15) is 5.82 Å². The van der Waals surface area contributed by atoms with Gasteiger partial charge in [-0.2, -0.15) is 0 Å². The highest BCUT2D eigenvalue weighted by atomic mass is 15.1. The van der Waals surface area contributed by atoms with Gasteiger partial charge in [-0.3, -0.25) is 0 Å². The lowest BCUT2D eigenvalue weighted by atomic mass is 9.95. The molecule has 0 saturated heterocycles. The molecule has 0 spiro atoms. The second kappa shape index (κ2) is 5.03. The molecule has 2 heteroatoms. The van der Waals surface area contributed by atoms with Gasteiger partial charge in [0.05, 0.1) is 11.0 Å². The van der Waals surface area contributed by atoms with E-state index in [4.69, 9.17) is 4.98 Å². The van der Waals surface area contributed by atoms with Crippen LogP contribution >= 0.6 is 0 Å². The van der Waals surface area contributed by atoms with Gasteiger partial charge in [-0.05, 0) is 24.6 Å². The molecule has 0 saturated carbocycles. The molecule has 1 aromatic heterocycles. The summed E-state index contributed by atoms with van der Waals surface area (Å²) in [5, 5.41) is 0. The van der Waals surface area contributed by atoms with Crippen LogP contribution in [0.2, 0.25) is 0 Å². The van der Waals surface area contributed by atoms with Crippen LogP contribution in [0.5, 0.6) is 0 Å². The third-order valence-electron chi connectivity index (χ3n) is 3.79. The Kier molecular flexibility index (Phi) is 3.32. The fourth-order valence-electron chi connectivity index (χ4n) is 2.68. The zero-order chi connectivity index (χ0) is 15.0. The van der Waals surface area contributed by atoms with Gasteiger partial charge in [0, 0.05) is 12.0 Å². The van der Waals surface area contributed by atoms with E-state index in [1.807, 2.05) is 0 Å². The SMILES string of the molecule is Cc1ccc(Cn2c(C(C)(C)C)nc3ccccc32)cc1. The Bertz CT molecular complexity index is 758. The minimum absolute atomic E-state index is 0.0315. The molecule has 1 heterocycles. The summed E-state index contributed by atoms with van der Waals surface area (Å²) >= 11 is 0. The molecule has 0 atom stereocenters. The Labute approximate surface area is 126 Å². The van der Waals surface area contributed by atoms with Crippen LogP contribution in [-0.2, 0) is 12.0 Å². The van der Waals surface area contributed by atoms with Crippen LogP contribution in [0.1, 0.15) is 37.7 Å². The molecule has 3 aromatic rings. The van der Waals surface area contributed by atoms with E-state index in [0.29, 0.717) is 0 Å². The molecule has 2 aromatic carbocycles.